The number of ether oxygens (including phenoxy) is 1. The second-order valence-corrected chi connectivity index (χ2v) is 11.3. The van der Waals surface area contributed by atoms with E-state index in [0.29, 0.717) is 39.8 Å². The van der Waals surface area contributed by atoms with Crippen LogP contribution in [0.3, 0.4) is 0 Å². The minimum Gasteiger partial charge on any atom is -0.496 e. The molecule has 0 atom stereocenters. The Morgan fingerprint density at radius 2 is 1.40 bits per heavy atom. The van der Waals surface area contributed by atoms with Gasteiger partial charge in [0.15, 0.2) is 5.78 Å². The first-order chi connectivity index (χ1) is 22.8. The summed E-state index contributed by atoms with van der Waals surface area (Å²) in [6.07, 6.45) is 1.46. The van der Waals surface area contributed by atoms with Crippen molar-refractivity contribution >= 4 is 52.7 Å². The van der Waals surface area contributed by atoms with Crippen LogP contribution in [0.1, 0.15) is 33.4 Å². The minimum atomic E-state index is -0.555. The van der Waals surface area contributed by atoms with Gasteiger partial charge in [0.25, 0.3) is 11.8 Å². The Kier molecular flexibility index (Phi) is 10.7. The lowest BCUT2D eigenvalue weighted by molar-refractivity contribution is -0.114. The topological polar surface area (TPSA) is 127 Å². The second kappa shape index (κ2) is 15.4. The molecule has 3 amide bonds. The fourth-order valence-corrected chi connectivity index (χ4v) is 5.17. The molecular weight excluding hydrogens is 614 g/mol. The predicted octanol–water partition coefficient (Wildman–Crippen LogP) is 7.30. The van der Waals surface area contributed by atoms with Crippen LogP contribution in [0.25, 0.3) is 17.4 Å². The maximum Gasteiger partial charge on any atom is 0.272 e. The molecule has 3 N–H and O–H groups in total. The molecule has 9 nitrogen and oxygen atoms in total. The maximum absolute atomic E-state index is 13.5. The number of Topliss-reactive ketones (excluding diaryl/α,β-unsaturated/α-hetero) is 1. The summed E-state index contributed by atoms with van der Waals surface area (Å²) in [6.45, 7) is 1.49. The van der Waals surface area contributed by atoms with E-state index < -0.39 is 11.8 Å². The van der Waals surface area contributed by atoms with Crippen LogP contribution in [0, 0.1) is 0 Å². The molecular formula is C37H31N3O6S. The molecule has 0 saturated heterocycles. The van der Waals surface area contributed by atoms with Crippen LogP contribution in [-0.2, 0) is 9.59 Å². The zero-order chi connectivity index (χ0) is 33.2. The Morgan fingerprint density at radius 1 is 0.745 bits per heavy atom. The lowest BCUT2D eigenvalue weighted by atomic mass is 10.1. The number of para-hydroxylation sites is 1. The Balaban J connectivity index is 1.26. The summed E-state index contributed by atoms with van der Waals surface area (Å²) in [5.41, 5.74) is 2.78. The third-order valence-electron chi connectivity index (χ3n) is 6.87. The van der Waals surface area contributed by atoms with Gasteiger partial charge in [0.1, 0.15) is 23.0 Å². The van der Waals surface area contributed by atoms with Gasteiger partial charge in [-0.25, -0.2) is 0 Å². The van der Waals surface area contributed by atoms with Gasteiger partial charge in [-0.2, -0.15) is 0 Å². The van der Waals surface area contributed by atoms with Crippen LogP contribution in [0.15, 0.2) is 130 Å². The summed E-state index contributed by atoms with van der Waals surface area (Å²) >= 11 is 1.33. The number of carbonyl (C=O) groups excluding carboxylic acids is 4. The SMILES string of the molecule is COc1ccccc1-c1ccc(/C=C(\NC(=O)c2ccccc2)C(=O)Nc2ccc(SCC(=O)Nc3ccc(C(C)=O)cc3)cc2)o1. The van der Waals surface area contributed by atoms with E-state index >= 15 is 0 Å². The first-order valence-corrected chi connectivity index (χ1v) is 15.5. The van der Waals surface area contributed by atoms with Crippen LogP contribution in [0.5, 0.6) is 5.75 Å². The van der Waals surface area contributed by atoms with Crippen LogP contribution in [0.2, 0.25) is 0 Å². The highest BCUT2D eigenvalue weighted by molar-refractivity contribution is 8.00. The van der Waals surface area contributed by atoms with Gasteiger partial charge in [-0.3, -0.25) is 19.2 Å². The molecule has 236 valence electrons. The van der Waals surface area contributed by atoms with E-state index in [2.05, 4.69) is 16.0 Å². The number of amides is 3. The standard InChI is InChI=1S/C37H31N3O6S/c1-24(41)25-12-14-27(15-13-25)38-35(42)23-47-30-19-16-28(17-20-30)39-37(44)32(40-36(43)26-8-4-3-5-9-26)22-29-18-21-34(46-29)31-10-6-7-11-33(31)45-2/h3-22H,23H2,1-2H3,(H,38,42)(H,39,44)(H,40,43)/b32-22-. The number of nitrogens with one attached hydrogen (secondary N) is 3. The average molecular weight is 646 g/mol. The van der Waals surface area contributed by atoms with Crippen molar-refractivity contribution in [2.75, 3.05) is 23.5 Å². The monoisotopic (exact) mass is 645 g/mol. The molecule has 1 aromatic heterocycles. The van der Waals surface area contributed by atoms with Crippen LogP contribution in [0.4, 0.5) is 11.4 Å². The van der Waals surface area contributed by atoms with Crippen molar-refractivity contribution in [2.45, 2.75) is 11.8 Å². The number of methoxy groups -OCH3 is 1. The third-order valence-corrected chi connectivity index (χ3v) is 7.88. The molecule has 0 spiro atoms. The molecule has 0 saturated carbocycles. The number of carbonyl (C=O) groups is 4. The molecule has 5 rings (SSSR count). The lowest BCUT2D eigenvalue weighted by Gasteiger charge is -2.11. The highest BCUT2D eigenvalue weighted by atomic mass is 32.2. The molecule has 47 heavy (non-hydrogen) atoms. The van der Waals surface area contributed by atoms with Crippen LogP contribution >= 0.6 is 11.8 Å². The number of anilines is 2. The summed E-state index contributed by atoms with van der Waals surface area (Å²) in [7, 11) is 1.57. The number of ketones is 1. The molecule has 0 unspecified atom stereocenters. The Hall–Kier alpha value is -5.87. The molecule has 5 aromatic rings. The summed E-state index contributed by atoms with van der Waals surface area (Å²) in [4.78, 5) is 51.2. The van der Waals surface area contributed by atoms with Gasteiger partial charge in [0.2, 0.25) is 5.91 Å². The van der Waals surface area contributed by atoms with Crippen molar-refractivity contribution in [1.82, 2.24) is 5.32 Å². The van der Waals surface area contributed by atoms with E-state index in [1.807, 2.05) is 24.3 Å². The summed E-state index contributed by atoms with van der Waals surface area (Å²) in [5, 5.41) is 8.33. The largest absolute Gasteiger partial charge is 0.496 e. The van der Waals surface area contributed by atoms with Crippen molar-refractivity contribution < 1.29 is 28.3 Å². The highest BCUT2D eigenvalue weighted by Crippen LogP contribution is 2.31. The number of thioether (sulfide) groups is 1. The van der Waals surface area contributed by atoms with Crippen molar-refractivity contribution in [3.63, 3.8) is 0 Å². The molecule has 1 heterocycles. The fraction of sp³-hybridized carbons (Fsp3) is 0.0811. The van der Waals surface area contributed by atoms with Gasteiger partial charge in [0.05, 0.1) is 18.4 Å². The zero-order valence-electron chi connectivity index (χ0n) is 25.6. The molecule has 0 aliphatic heterocycles. The quantitative estimate of drug-likeness (QED) is 0.0738. The van der Waals surface area contributed by atoms with E-state index in [-0.39, 0.29) is 23.1 Å². The molecule has 0 aliphatic carbocycles. The van der Waals surface area contributed by atoms with Gasteiger partial charge in [0, 0.05) is 33.5 Å². The van der Waals surface area contributed by atoms with Crippen molar-refractivity contribution in [2.24, 2.45) is 0 Å². The number of hydrogen-bond donors (Lipinski definition) is 3. The number of furan rings is 1. The van der Waals surface area contributed by atoms with Gasteiger partial charge >= 0.3 is 0 Å². The van der Waals surface area contributed by atoms with E-state index in [1.54, 1.807) is 98.1 Å². The van der Waals surface area contributed by atoms with E-state index in [0.717, 1.165) is 10.5 Å². The van der Waals surface area contributed by atoms with E-state index in [1.165, 1.54) is 24.8 Å². The number of hydrogen-bond acceptors (Lipinski definition) is 7. The van der Waals surface area contributed by atoms with E-state index in [9.17, 15) is 19.2 Å². The lowest BCUT2D eigenvalue weighted by Crippen LogP contribution is -2.30. The first kappa shape index (κ1) is 32.5. The zero-order valence-corrected chi connectivity index (χ0v) is 26.4. The molecule has 10 heteroatoms. The number of rotatable bonds is 12. The molecule has 0 radical (unpaired) electrons. The molecule has 0 aliphatic rings. The molecule has 4 aromatic carbocycles. The van der Waals surface area contributed by atoms with Crippen molar-refractivity contribution in [1.29, 1.82) is 0 Å². The molecule has 0 fully saturated rings. The predicted molar refractivity (Wildman–Crippen MR) is 183 cm³/mol. The minimum absolute atomic E-state index is 0.0220. The highest BCUT2D eigenvalue weighted by Gasteiger charge is 2.17. The van der Waals surface area contributed by atoms with E-state index in [4.69, 9.17) is 9.15 Å². The maximum atomic E-state index is 13.5. The van der Waals surface area contributed by atoms with Crippen molar-refractivity contribution in [3.8, 4) is 17.1 Å². The third kappa shape index (κ3) is 8.86. The normalized spacial score (nSPS) is 11.0. The summed E-state index contributed by atoms with van der Waals surface area (Å²) < 4.78 is 11.4. The summed E-state index contributed by atoms with van der Waals surface area (Å²) in [6, 6.07) is 33.1. The van der Waals surface area contributed by atoms with Crippen molar-refractivity contribution in [3.05, 3.63) is 138 Å². The number of benzene rings is 4. The Bertz CT molecular complexity index is 1920. The van der Waals surface area contributed by atoms with Gasteiger partial charge < -0.3 is 25.1 Å². The fourth-order valence-electron chi connectivity index (χ4n) is 4.48. The van der Waals surface area contributed by atoms with Crippen LogP contribution < -0.4 is 20.7 Å². The Morgan fingerprint density at radius 3 is 2.11 bits per heavy atom. The van der Waals surface area contributed by atoms with Gasteiger partial charge in [-0.05, 0) is 91.9 Å². The second-order valence-electron chi connectivity index (χ2n) is 10.2. The first-order valence-electron chi connectivity index (χ1n) is 14.6. The van der Waals surface area contributed by atoms with Gasteiger partial charge in [-0.15, -0.1) is 11.8 Å². The average Bonchev–Trinajstić information content (AvgIpc) is 3.56. The summed E-state index contributed by atoms with van der Waals surface area (Å²) in [5.74, 6) is 0.439. The molecule has 0 bridgehead atoms. The smallest absolute Gasteiger partial charge is 0.272 e. The van der Waals surface area contributed by atoms with Crippen LogP contribution in [-0.4, -0.2) is 36.4 Å². The van der Waals surface area contributed by atoms with Gasteiger partial charge in [-0.1, -0.05) is 30.3 Å². The Labute approximate surface area is 276 Å².